The highest BCUT2D eigenvalue weighted by Gasteiger charge is 2.11. The van der Waals surface area contributed by atoms with E-state index in [0.717, 1.165) is 0 Å². The average molecular weight is 198 g/mol. The Morgan fingerprint density at radius 2 is 2.36 bits per heavy atom. The molecule has 0 saturated heterocycles. The number of carbonyl (C=O) groups is 1. The molecule has 0 bridgehead atoms. The van der Waals surface area contributed by atoms with Crippen LogP contribution in [0, 0.1) is 0 Å². The Kier molecular flexibility index (Phi) is 3.24. The van der Waals surface area contributed by atoms with Gasteiger partial charge in [-0.15, -0.1) is 0 Å². The fraction of sp³-hybridized carbons (Fsp3) is 0.556. The van der Waals surface area contributed by atoms with Crippen molar-refractivity contribution in [2.75, 3.05) is 0 Å². The summed E-state index contributed by atoms with van der Waals surface area (Å²) in [7, 11) is 1.65. The fourth-order valence-corrected chi connectivity index (χ4v) is 1.05. The van der Waals surface area contributed by atoms with Gasteiger partial charge in [0.15, 0.2) is 0 Å². The summed E-state index contributed by atoms with van der Waals surface area (Å²) in [6.07, 6.45) is 1.77. The van der Waals surface area contributed by atoms with Gasteiger partial charge in [-0.2, -0.15) is 0 Å². The molecule has 78 valence electrons. The number of aromatic nitrogens is 2. The SMILES string of the molecule is CC(C)OCc1cn(C)c(C(=O)O)n1. The first-order chi connectivity index (χ1) is 6.50. The van der Waals surface area contributed by atoms with E-state index < -0.39 is 5.97 Å². The summed E-state index contributed by atoms with van der Waals surface area (Å²) in [5.74, 6) is -0.990. The molecule has 0 aliphatic carbocycles. The Labute approximate surface area is 82.3 Å². The van der Waals surface area contributed by atoms with Crippen LogP contribution in [-0.4, -0.2) is 26.7 Å². The van der Waals surface area contributed by atoms with E-state index in [1.165, 1.54) is 4.57 Å². The van der Waals surface area contributed by atoms with Gasteiger partial charge in [-0.05, 0) is 13.8 Å². The molecule has 0 spiro atoms. The van der Waals surface area contributed by atoms with Crippen LogP contribution in [0.2, 0.25) is 0 Å². The third kappa shape index (κ3) is 2.56. The summed E-state index contributed by atoms with van der Waals surface area (Å²) in [5, 5.41) is 8.73. The molecule has 0 aliphatic heterocycles. The van der Waals surface area contributed by atoms with E-state index in [4.69, 9.17) is 9.84 Å². The normalized spacial score (nSPS) is 10.9. The van der Waals surface area contributed by atoms with Crippen LogP contribution < -0.4 is 0 Å². The van der Waals surface area contributed by atoms with Crippen molar-refractivity contribution in [1.29, 1.82) is 0 Å². The molecule has 1 heterocycles. The Balaban J connectivity index is 2.71. The van der Waals surface area contributed by atoms with Crippen LogP contribution in [0.1, 0.15) is 30.2 Å². The molecule has 0 amide bonds. The summed E-state index contributed by atoms with van der Waals surface area (Å²) in [6.45, 7) is 4.18. The molecule has 0 aliphatic rings. The number of carboxylic acids is 1. The Morgan fingerprint density at radius 3 is 2.79 bits per heavy atom. The molecule has 0 atom stereocenters. The number of hydrogen-bond donors (Lipinski definition) is 1. The lowest BCUT2D eigenvalue weighted by Gasteiger charge is -2.03. The minimum atomic E-state index is -1.02. The third-order valence-electron chi connectivity index (χ3n) is 1.68. The summed E-state index contributed by atoms with van der Waals surface area (Å²) < 4.78 is 6.78. The van der Waals surface area contributed by atoms with Crippen molar-refractivity contribution in [3.63, 3.8) is 0 Å². The van der Waals surface area contributed by atoms with Gasteiger partial charge in [0.2, 0.25) is 5.82 Å². The second-order valence-corrected chi connectivity index (χ2v) is 3.33. The van der Waals surface area contributed by atoms with Crippen LogP contribution in [0.5, 0.6) is 0 Å². The third-order valence-corrected chi connectivity index (χ3v) is 1.68. The summed E-state index contributed by atoms with van der Waals surface area (Å²) in [4.78, 5) is 14.6. The number of aryl methyl sites for hydroxylation is 1. The van der Waals surface area contributed by atoms with Gasteiger partial charge < -0.3 is 14.4 Å². The van der Waals surface area contributed by atoms with Crippen molar-refractivity contribution in [3.8, 4) is 0 Å². The first kappa shape index (κ1) is 10.7. The summed E-state index contributed by atoms with van der Waals surface area (Å²) >= 11 is 0. The first-order valence-corrected chi connectivity index (χ1v) is 4.38. The Morgan fingerprint density at radius 1 is 1.71 bits per heavy atom. The predicted octanol–water partition coefficient (Wildman–Crippen LogP) is 1.04. The van der Waals surface area contributed by atoms with Gasteiger partial charge >= 0.3 is 5.97 Å². The molecule has 5 heteroatoms. The van der Waals surface area contributed by atoms with Crippen LogP contribution in [0.15, 0.2) is 6.20 Å². The second-order valence-electron chi connectivity index (χ2n) is 3.33. The molecule has 1 N–H and O–H groups in total. The lowest BCUT2D eigenvalue weighted by Crippen LogP contribution is -2.05. The number of aromatic carboxylic acids is 1. The Bertz CT molecular complexity index is 331. The number of hydrogen-bond acceptors (Lipinski definition) is 3. The van der Waals surface area contributed by atoms with Crippen LogP contribution in [0.4, 0.5) is 0 Å². The second kappa shape index (κ2) is 4.23. The molecule has 1 aromatic heterocycles. The number of nitrogens with zero attached hydrogens (tertiary/aromatic N) is 2. The van der Waals surface area contributed by atoms with E-state index in [0.29, 0.717) is 12.3 Å². The van der Waals surface area contributed by atoms with E-state index in [1.807, 2.05) is 13.8 Å². The van der Waals surface area contributed by atoms with Crippen molar-refractivity contribution in [3.05, 3.63) is 17.7 Å². The van der Waals surface area contributed by atoms with Crippen molar-refractivity contribution in [2.45, 2.75) is 26.6 Å². The maximum absolute atomic E-state index is 10.6. The minimum absolute atomic E-state index is 0.0346. The zero-order valence-corrected chi connectivity index (χ0v) is 8.52. The lowest BCUT2D eigenvalue weighted by molar-refractivity contribution is 0.0632. The van der Waals surface area contributed by atoms with Crippen molar-refractivity contribution in [2.24, 2.45) is 7.05 Å². The number of rotatable bonds is 4. The highest BCUT2D eigenvalue weighted by molar-refractivity contribution is 5.83. The molecule has 0 aromatic carbocycles. The van der Waals surface area contributed by atoms with Crippen molar-refractivity contribution < 1.29 is 14.6 Å². The molecule has 0 radical (unpaired) electrons. The maximum atomic E-state index is 10.6. The largest absolute Gasteiger partial charge is 0.475 e. The van der Waals surface area contributed by atoms with Crippen molar-refractivity contribution in [1.82, 2.24) is 9.55 Å². The van der Waals surface area contributed by atoms with Gasteiger partial charge in [-0.3, -0.25) is 0 Å². The predicted molar refractivity (Wildman–Crippen MR) is 50.1 cm³/mol. The van der Waals surface area contributed by atoms with Gasteiger partial charge in [0.1, 0.15) is 0 Å². The monoisotopic (exact) mass is 198 g/mol. The molecule has 1 rings (SSSR count). The van der Waals surface area contributed by atoms with E-state index in [2.05, 4.69) is 4.98 Å². The van der Waals surface area contributed by atoms with Gasteiger partial charge in [0.25, 0.3) is 0 Å². The van der Waals surface area contributed by atoms with E-state index in [1.54, 1.807) is 13.2 Å². The summed E-state index contributed by atoms with van der Waals surface area (Å²) in [6, 6.07) is 0. The zero-order valence-electron chi connectivity index (χ0n) is 8.52. The number of ether oxygens (including phenoxy) is 1. The van der Waals surface area contributed by atoms with Gasteiger partial charge in [0, 0.05) is 13.2 Å². The van der Waals surface area contributed by atoms with Crippen LogP contribution in [0.3, 0.4) is 0 Å². The summed E-state index contributed by atoms with van der Waals surface area (Å²) in [5.41, 5.74) is 0.638. The average Bonchev–Trinajstić information content (AvgIpc) is 2.43. The van der Waals surface area contributed by atoms with Gasteiger partial charge in [-0.25, -0.2) is 9.78 Å². The highest BCUT2D eigenvalue weighted by atomic mass is 16.5. The number of carboxylic acid groups (broad SMARTS) is 1. The topological polar surface area (TPSA) is 64.3 Å². The minimum Gasteiger partial charge on any atom is -0.475 e. The zero-order chi connectivity index (χ0) is 10.7. The molecule has 1 aromatic rings. The number of imidazole rings is 1. The smallest absolute Gasteiger partial charge is 0.372 e. The van der Waals surface area contributed by atoms with Crippen LogP contribution in [-0.2, 0) is 18.4 Å². The first-order valence-electron chi connectivity index (χ1n) is 4.38. The van der Waals surface area contributed by atoms with Crippen molar-refractivity contribution >= 4 is 5.97 Å². The maximum Gasteiger partial charge on any atom is 0.372 e. The lowest BCUT2D eigenvalue weighted by atomic mass is 10.4. The Hall–Kier alpha value is -1.36. The molecular formula is C9H14N2O3. The van der Waals surface area contributed by atoms with Crippen LogP contribution in [0.25, 0.3) is 0 Å². The van der Waals surface area contributed by atoms with Gasteiger partial charge in [-0.1, -0.05) is 0 Å². The molecular weight excluding hydrogens is 184 g/mol. The van der Waals surface area contributed by atoms with Gasteiger partial charge in [0.05, 0.1) is 18.4 Å². The highest BCUT2D eigenvalue weighted by Crippen LogP contribution is 2.04. The molecule has 5 nitrogen and oxygen atoms in total. The quantitative estimate of drug-likeness (QED) is 0.785. The molecule has 0 saturated carbocycles. The standard InChI is InChI=1S/C9H14N2O3/c1-6(2)14-5-7-4-11(3)8(10-7)9(12)13/h4,6H,5H2,1-3H3,(H,12,13). The molecule has 14 heavy (non-hydrogen) atoms. The van der Waals surface area contributed by atoms with Crippen LogP contribution >= 0.6 is 0 Å². The fourth-order valence-electron chi connectivity index (χ4n) is 1.05. The molecule has 0 unspecified atom stereocenters. The van der Waals surface area contributed by atoms with E-state index >= 15 is 0 Å². The van der Waals surface area contributed by atoms with E-state index in [9.17, 15) is 4.79 Å². The molecule has 0 fully saturated rings. The van der Waals surface area contributed by atoms with E-state index in [-0.39, 0.29) is 11.9 Å².